The summed E-state index contributed by atoms with van der Waals surface area (Å²) in [6.07, 6.45) is 6.53. The van der Waals surface area contributed by atoms with Gasteiger partial charge in [-0.15, -0.1) is 5.10 Å². The molecule has 0 aliphatic heterocycles. The van der Waals surface area contributed by atoms with Crippen molar-refractivity contribution >= 4 is 29.5 Å². The molecule has 0 spiro atoms. The molecule has 9 heteroatoms. The van der Waals surface area contributed by atoms with Gasteiger partial charge in [0.25, 0.3) is 5.16 Å². The van der Waals surface area contributed by atoms with Crippen LogP contribution in [0.4, 0.5) is 11.6 Å². The first-order valence-corrected chi connectivity index (χ1v) is 18.1. The Kier molecular flexibility index (Phi) is 6.82. The molecule has 2 aromatic carbocycles. The predicted molar refractivity (Wildman–Crippen MR) is 145 cm³/mol. The minimum atomic E-state index is -3.87. The number of rotatable bonds is 9. The highest BCUT2D eigenvalue weighted by Crippen LogP contribution is 2.40. The van der Waals surface area contributed by atoms with Crippen molar-refractivity contribution in [2.45, 2.75) is 87.9 Å². The van der Waals surface area contributed by atoms with Crippen molar-refractivity contribution in [1.29, 1.82) is 0 Å². The third-order valence-corrected chi connectivity index (χ3v) is 10.6. The fourth-order valence-electron chi connectivity index (χ4n) is 5.18. The first-order chi connectivity index (χ1) is 17.1. The van der Waals surface area contributed by atoms with E-state index in [-0.39, 0.29) is 16.8 Å². The van der Waals surface area contributed by atoms with E-state index in [1.807, 2.05) is 6.07 Å². The van der Waals surface area contributed by atoms with E-state index in [0.29, 0.717) is 18.1 Å². The Morgan fingerprint density at radius 3 is 2.33 bits per heavy atom. The van der Waals surface area contributed by atoms with Crippen LogP contribution in [0.5, 0.6) is 0 Å². The van der Waals surface area contributed by atoms with E-state index in [9.17, 15) is 8.42 Å². The van der Waals surface area contributed by atoms with E-state index < -0.39 is 17.9 Å². The van der Waals surface area contributed by atoms with Gasteiger partial charge in [0.15, 0.2) is 0 Å². The fourth-order valence-corrected chi connectivity index (χ4v) is 7.30. The third kappa shape index (κ3) is 5.01. The molecule has 0 amide bonds. The average Bonchev–Trinajstić information content (AvgIpc) is 3.56. The van der Waals surface area contributed by atoms with Crippen LogP contribution >= 0.6 is 0 Å². The van der Waals surface area contributed by atoms with Crippen molar-refractivity contribution in [3.63, 3.8) is 0 Å². The minimum absolute atomic E-state index is 0.153. The van der Waals surface area contributed by atoms with Crippen LogP contribution in [0.25, 0.3) is 0 Å². The summed E-state index contributed by atoms with van der Waals surface area (Å²) in [7, 11) is -5.12. The lowest BCUT2D eigenvalue weighted by Gasteiger charge is -2.18. The molecule has 0 unspecified atom stereocenters. The molecule has 0 saturated heterocycles. The average molecular weight is 525 g/mol. The van der Waals surface area contributed by atoms with Crippen LogP contribution in [-0.2, 0) is 47.0 Å². The van der Waals surface area contributed by atoms with Gasteiger partial charge in [-0.25, -0.2) is 13.1 Å². The second-order valence-electron chi connectivity index (χ2n) is 11.2. The van der Waals surface area contributed by atoms with E-state index in [0.717, 1.165) is 50.3 Å². The van der Waals surface area contributed by atoms with Crippen molar-refractivity contribution < 1.29 is 13.2 Å². The van der Waals surface area contributed by atoms with E-state index >= 15 is 0 Å². The molecule has 0 atom stereocenters. The molecule has 0 bridgehead atoms. The quantitative estimate of drug-likeness (QED) is 0.296. The number of hydrogen-bond acceptors (Lipinski definition) is 6. The Bertz CT molecular complexity index is 1360. The first kappa shape index (κ1) is 25.2. The molecule has 1 aromatic heterocycles. The molecule has 0 saturated carbocycles. The second-order valence-corrected chi connectivity index (χ2v) is 18.6. The molecule has 1 N–H and O–H groups in total. The lowest BCUT2D eigenvalue weighted by atomic mass is 9.99. The number of hydrogen-bond donors (Lipinski definition) is 1. The lowest BCUT2D eigenvalue weighted by Crippen LogP contribution is -2.22. The number of nitrogens with zero attached hydrogens (tertiary/aromatic N) is 3. The highest BCUT2D eigenvalue weighted by atomic mass is 32.2. The molecule has 2 aliphatic rings. The van der Waals surface area contributed by atoms with E-state index in [2.05, 4.69) is 41.1 Å². The molecule has 0 radical (unpaired) electrons. The maximum Gasteiger partial charge on any atom is 0.273 e. The lowest BCUT2D eigenvalue weighted by molar-refractivity contribution is 0.0792. The summed E-state index contributed by atoms with van der Waals surface area (Å²) in [5, 5.41) is 7.80. The standard InChI is InChI=1S/C27H36N4O3SSi/c1-19-9-5-6-14-24(19)35(32,33)27-29-26(31(30-27)18-34-15-16-36(2,3)4)28-25-22-12-7-10-20(22)17-21-11-8-13-23(21)25/h5-6,9,14,17H,7-8,10-13,15-16,18H2,1-4H3,(H,28,29,30). The maximum absolute atomic E-state index is 13.5. The fraction of sp³-hybridized carbons (Fsp3) is 0.481. The second kappa shape index (κ2) is 9.76. The van der Waals surface area contributed by atoms with Crippen molar-refractivity contribution in [3.05, 3.63) is 58.1 Å². The Morgan fingerprint density at radius 1 is 1.03 bits per heavy atom. The molecular weight excluding hydrogens is 488 g/mol. The molecule has 3 aromatic rings. The van der Waals surface area contributed by atoms with Gasteiger partial charge in [-0.1, -0.05) is 43.9 Å². The SMILES string of the molecule is Cc1ccccc1S(=O)(=O)c1nc(Nc2c3c(cc4c2CCC4)CCC3)n(COCC[Si](C)(C)C)n1. The zero-order chi connectivity index (χ0) is 25.5. The Hall–Kier alpha value is -2.49. The van der Waals surface area contributed by atoms with Gasteiger partial charge < -0.3 is 10.1 Å². The smallest absolute Gasteiger partial charge is 0.273 e. The molecule has 2 aliphatic carbocycles. The van der Waals surface area contributed by atoms with E-state index in [1.165, 1.54) is 22.3 Å². The summed E-state index contributed by atoms with van der Waals surface area (Å²) in [6.45, 7) is 9.48. The summed E-state index contributed by atoms with van der Waals surface area (Å²) >= 11 is 0. The first-order valence-electron chi connectivity index (χ1n) is 12.9. The highest BCUT2D eigenvalue weighted by Gasteiger charge is 2.29. The number of anilines is 2. The van der Waals surface area contributed by atoms with Crippen molar-refractivity contribution in [1.82, 2.24) is 14.8 Å². The summed E-state index contributed by atoms with van der Waals surface area (Å²) in [4.78, 5) is 4.79. The molecule has 192 valence electrons. The minimum Gasteiger partial charge on any atom is -0.359 e. The summed E-state index contributed by atoms with van der Waals surface area (Å²) in [5.41, 5.74) is 7.27. The normalized spacial score (nSPS) is 15.2. The molecule has 7 nitrogen and oxygen atoms in total. The monoisotopic (exact) mass is 524 g/mol. The number of sulfone groups is 1. The van der Waals surface area contributed by atoms with Gasteiger partial charge in [0.05, 0.1) is 4.90 Å². The number of aromatic nitrogens is 3. The molecule has 0 fully saturated rings. The number of nitrogens with one attached hydrogen (secondary N) is 1. The summed E-state index contributed by atoms with van der Waals surface area (Å²) < 4.78 is 34.6. The van der Waals surface area contributed by atoms with Crippen LogP contribution in [0, 0.1) is 6.92 Å². The van der Waals surface area contributed by atoms with Crippen molar-refractivity contribution in [2.24, 2.45) is 0 Å². The Morgan fingerprint density at radius 2 is 1.69 bits per heavy atom. The van der Waals surface area contributed by atoms with E-state index in [4.69, 9.17) is 4.74 Å². The van der Waals surface area contributed by atoms with Gasteiger partial charge >= 0.3 is 0 Å². The van der Waals surface area contributed by atoms with Gasteiger partial charge in [-0.2, -0.15) is 4.98 Å². The summed E-state index contributed by atoms with van der Waals surface area (Å²) in [5.74, 6) is 0.421. The van der Waals surface area contributed by atoms with Crippen LogP contribution in [0.15, 0.2) is 40.4 Å². The van der Waals surface area contributed by atoms with Crippen LogP contribution in [0.3, 0.4) is 0 Å². The zero-order valence-electron chi connectivity index (χ0n) is 21.7. The molecule has 36 heavy (non-hydrogen) atoms. The van der Waals surface area contributed by atoms with Gasteiger partial charge in [-0.3, -0.25) is 0 Å². The largest absolute Gasteiger partial charge is 0.359 e. The highest BCUT2D eigenvalue weighted by molar-refractivity contribution is 7.91. The molecule has 1 heterocycles. The number of ether oxygens (including phenoxy) is 1. The number of aryl methyl sites for hydroxylation is 3. The van der Waals surface area contributed by atoms with Crippen molar-refractivity contribution in [3.8, 4) is 0 Å². The number of benzene rings is 2. The van der Waals surface area contributed by atoms with Gasteiger partial charge in [0.2, 0.25) is 15.8 Å². The van der Waals surface area contributed by atoms with Crippen LogP contribution in [0.1, 0.15) is 40.7 Å². The Labute approximate surface area is 215 Å². The molecular formula is C27H36N4O3SSi. The van der Waals surface area contributed by atoms with Crippen LogP contribution in [-0.4, -0.2) is 37.9 Å². The topological polar surface area (TPSA) is 86.1 Å². The number of fused-ring (bicyclic) bond motifs is 2. The van der Waals surface area contributed by atoms with Gasteiger partial charge in [0.1, 0.15) is 6.73 Å². The van der Waals surface area contributed by atoms with Crippen LogP contribution in [0.2, 0.25) is 25.7 Å². The van der Waals surface area contributed by atoms with Gasteiger partial charge in [-0.05, 0) is 85.4 Å². The third-order valence-electron chi connectivity index (χ3n) is 7.20. The maximum atomic E-state index is 13.5. The van der Waals surface area contributed by atoms with Gasteiger partial charge in [0, 0.05) is 20.4 Å². The molecule has 5 rings (SSSR count). The van der Waals surface area contributed by atoms with E-state index in [1.54, 1.807) is 29.8 Å². The summed E-state index contributed by atoms with van der Waals surface area (Å²) in [6, 6.07) is 10.4. The van der Waals surface area contributed by atoms with Crippen molar-refractivity contribution in [2.75, 3.05) is 11.9 Å². The zero-order valence-corrected chi connectivity index (χ0v) is 23.5. The Balaban J connectivity index is 1.52. The van der Waals surface area contributed by atoms with Crippen LogP contribution < -0.4 is 5.32 Å². The predicted octanol–water partition coefficient (Wildman–Crippen LogP) is 5.45.